The summed E-state index contributed by atoms with van der Waals surface area (Å²) in [7, 11) is 1.56. The van der Waals surface area contributed by atoms with Gasteiger partial charge in [-0.3, -0.25) is 4.79 Å². The van der Waals surface area contributed by atoms with Gasteiger partial charge in [0.05, 0.1) is 13.3 Å². The average molecular weight is 439 g/mol. The molecule has 0 aromatic heterocycles. The van der Waals surface area contributed by atoms with Crippen molar-refractivity contribution < 1.29 is 14.3 Å². The Morgan fingerprint density at radius 1 is 1.04 bits per heavy atom. The Bertz CT molecular complexity index is 972. The number of amides is 1. The van der Waals surface area contributed by atoms with Crippen LogP contribution in [0.15, 0.2) is 82.4 Å². The summed E-state index contributed by atoms with van der Waals surface area (Å²) < 4.78 is 12.0. The van der Waals surface area contributed by atoms with Crippen LogP contribution in [0.3, 0.4) is 0 Å². The third-order valence-electron chi connectivity index (χ3n) is 3.89. The molecule has 1 N–H and O–H groups in total. The Morgan fingerprint density at radius 2 is 1.79 bits per heavy atom. The predicted molar refractivity (Wildman–Crippen MR) is 113 cm³/mol. The fraction of sp³-hybridized carbons (Fsp3) is 0.0909. The van der Waals surface area contributed by atoms with Crippen LogP contribution in [0.5, 0.6) is 11.5 Å². The summed E-state index contributed by atoms with van der Waals surface area (Å²) in [6.45, 7) is 0.473. The number of hydrogen-bond acceptors (Lipinski definition) is 4. The maximum absolute atomic E-state index is 12.1. The van der Waals surface area contributed by atoms with Crippen LogP contribution in [0, 0.1) is 0 Å². The molecule has 28 heavy (non-hydrogen) atoms. The van der Waals surface area contributed by atoms with Crippen LogP contribution in [-0.2, 0) is 6.61 Å². The second-order valence-corrected chi connectivity index (χ2v) is 6.83. The molecule has 0 aliphatic carbocycles. The first kappa shape index (κ1) is 19.6. The van der Waals surface area contributed by atoms with E-state index in [1.54, 1.807) is 37.6 Å². The third kappa shape index (κ3) is 5.69. The molecule has 0 atom stereocenters. The minimum absolute atomic E-state index is 0.308. The summed E-state index contributed by atoms with van der Waals surface area (Å²) in [6.07, 6.45) is 1.57. The molecule has 3 aromatic carbocycles. The second kappa shape index (κ2) is 9.71. The minimum atomic E-state index is -0.308. The number of hydrogen-bond donors (Lipinski definition) is 1. The van der Waals surface area contributed by atoms with Crippen molar-refractivity contribution >= 4 is 28.1 Å². The summed E-state index contributed by atoms with van der Waals surface area (Å²) in [4.78, 5) is 12.1. The Morgan fingerprint density at radius 3 is 2.57 bits per heavy atom. The van der Waals surface area contributed by atoms with Gasteiger partial charge in [0.1, 0.15) is 18.1 Å². The molecule has 142 valence electrons. The van der Waals surface area contributed by atoms with E-state index in [0.717, 1.165) is 21.3 Å². The van der Waals surface area contributed by atoms with Gasteiger partial charge in [-0.15, -0.1) is 0 Å². The lowest BCUT2D eigenvalue weighted by atomic mass is 10.2. The van der Waals surface area contributed by atoms with Crippen LogP contribution in [0.2, 0.25) is 0 Å². The van der Waals surface area contributed by atoms with Gasteiger partial charge in [0.25, 0.3) is 5.91 Å². The second-order valence-electron chi connectivity index (χ2n) is 5.92. The van der Waals surface area contributed by atoms with Crippen LogP contribution in [0.1, 0.15) is 21.5 Å². The Balaban J connectivity index is 1.57. The Hall–Kier alpha value is -3.12. The van der Waals surface area contributed by atoms with Crippen molar-refractivity contribution in [2.24, 2.45) is 5.10 Å². The maximum atomic E-state index is 12.1. The maximum Gasteiger partial charge on any atom is 0.271 e. The predicted octanol–water partition coefficient (Wildman–Crippen LogP) is 4.80. The SMILES string of the molecule is COc1cccc(C(=O)N/N=C/c2cccc(OCc3ccc(Br)cc3)c2)c1. The monoisotopic (exact) mass is 438 g/mol. The number of rotatable bonds is 7. The first-order chi connectivity index (χ1) is 13.6. The highest BCUT2D eigenvalue weighted by molar-refractivity contribution is 9.10. The fourth-order valence-electron chi connectivity index (χ4n) is 2.43. The summed E-state index contributed by atoms with van der Waals surface area (Å²) >= 11 is 3.42. The lowest BCUT2D eigenvalue weighted by Gasteiger charge is -2.07. The summed E-state index contributed by atoms with van der Waals surface area (Å²) in [5.41, 5.74) is 4.88. The largest absolute Gasteiger partial charge is 0.497 e. The van der Waals surface area contributed by atoms with E-state index >= 15 is 0 Å². The Labute approximate surface area is 172 Å². The average Bonchev–Trinajstić information content (AvgIpc) is 2.73. The molecule has 0 radical (unpaired) electrons. The number of halogens is 1. The van der Waals surface area contributed by atoms with Crippen LogP contribution in [0.25, 0.3) is 0 Å². The van der Waals surface area contributed by atoms with Crippen LogP contribution < -0.4 is 14.9 Å². The number of nitrogens with one attached hydrogen (secondary N) is 1. The highest BCUT2D eigenvalue weighted by Gasteiger charge is 2.05. The molecule has 0 bridgehead atoms. The molecule has 1 amide bonds. The number of ether oxygens (including phenoxy) is 2. The van der Waals surface area contributed by atoms with E-state index in [2.05, 4.69) is 26.5 Å². The summed E-state index contributed by atoms with van der Waals surface area (Å²) in [5.74, 6) is 1.04. The van der Waals surface area contributed by atoms with Crippen molar-refractivity contribution in [2.75, 3.05) is 7.11 Å². The van der Waals surface area contributed by atoms with Crippen molar-refractivity contribution in [3.8, 4) is 11.5 Å². The van der Waals surface area contributed by atoms with Gasteiger partial charge in [0.2, 0.25) is 0 Å². The molecule has 0 heterocycles. The fourth-order valence-corrected chi connectivity index (χ4v) is 2.69. The third-order valence-corrected chi connectivity index (χ3v) is 4.42. The van der Waals surface area contributed by atoms with Gasteiger partial charge in [0.15, 0.2) is 0 Å². The van der Waals surface area contributed by atoms with Crippen molar-refractivity contribution in [3.05, 3.63) is 94.0 Å². The lowest BCUT2D eigenvalue weighted by Crippen LogP contribution is -2.17. The van der Waals surface area contributed by atoms with Gasteiger partial charge in [-0.2, -0.15) is 5.10 Å². The summed E-state index contributed by atoms with van der Waals surface area (Å²) in [5, 5.41) is 4.02. The topological polar surface area (TPSA) is 59.9 Å². The van der Waals surface area contributed by atoms with E-state index < -0.39 is 0 Å². The molecule has 5 nitrogen and oxygen atoms in total. The summed E-state index contributed by atoms with van der Waals surface area (Å²) in [6, 6.07) is 22.3. The smallest absolute Gasteiger partial charge is 0.271 e. The van der Waals surface area contributed by atoms with Crippen molar-refractivity contribution in [3.63, 3.8) is 0 Å². The number of carbonyl (C=O) groups excluding carboxylic acids is 1. The number of hydrazone groups is 1. The van der Waals surface area contributed by atoms with E-state index in [-0.39, 0.29) is 5.91 Å². The van der Waals surface area contributed by atoms with E-state index in [0.29, 0.717) is 17.9 Å². The molecule has 0 saturated heterocycles. The van der Waals surface area contributed by atoms with E-state index in [9.17, 15) is 4.79 Å². The van der Waals surface area contributed by atoms with Gasteiger partial charge < -0.3 is 9.47 Å². The number of methoxy groups -OCH3 is 1. The van der Waals surface area contributed by atoms with Crippen molar-refractivity contribution in [2.45, 2.75) is 6.61 Å². The van der Waals surface area contributed by atoms with Gasteiger partial charge in [-0.05, 0) is 53.6 Å². The Kier molecular flexibility index (Phi) is 6.81. The first-order valence-corrected chi connectivity index (χ1v) is 9.38. The molecule has 3 aromatic rings. The molecular formula is C22H19BrN2O3. The zero-order valence-electron chi connectivity index (χ0n) is 15.3. The molecule has 0 saturated carbocycles. The first-order valence-electron chi connectivity index (χ1n) is 8.59. The van der Waals surface area contributed by atoms with Gasteiger partial charge in [-0.1, -0.05) is 46.3 Å². The normalized spacial score (nSPS) is 10.6. The highest BCUT2D eigenvalue weighted by atomic mass is 79.9. The van der Waals surface area contributed by atoms with Gasteiger partial charge in [0, 0.05) is 10.0 Å². The van der Waals surface area contributed by atoms with Crippen molar-refractivity contribution in [1.29, 1.82) is 0 Å². The highest BCUT2D eigenvalue weighted by Crippen LogP contribution is 2.16. The van der Waals surface area contributed by atoms with Crippen LogP contribution in [-0.4, -0.2) is 19.2 Å². The van der Waals surface area contributed by atoms with E-state index in [4.69, 9.17) is 9.47 Å². The minimum Gasteiger partial charge on any atom is -0.497 e. The van der Waals surface area contributed by atoms with Gasteiger partial charge >= 0.3 is 0 Å². The molecule has 0 spiro atoms. The molecule has 0 aliphatic rings. The molecule has 3 rings (SSSR count). The molecule has 0 unspecified atom stereocenters. The standard InChI is InChI=1S/C22H19BrN2O3/c1-27-20-6-3-5-18(13-20)22(26)25-24-14-17-4-2-7-21(12-17)28-15-16-8-10-19(23)11-9-16/h2-14H,15H2,1H3,(H,25,26)/b24-14+. The molecular weight excluding hydrogens is 420 g/mol. The molecule has 6 heteroatoms. The van der Waals surface area contributed by atoms with Crippen LogP contribution in [0.4, 0.5) is 0 Å². The van der Waals surface area contributed by atoms with Gasteiger partial charge in [-0.25, -0.2) is 5.43 Å². The van der Waals surface area contributed by atoms with E-state index in [1.165, 1.54) is 0 Å². The van der Waals surface area contributed by atoms with E-state index in [1.807, 2.05) is 48.5 Å². The zero-order chi connectivity index (χ0) is 19.8. The number of benzene rings is 3. The quantitative estimate of drug-likeness (QED) is 0.425. The zero-order valence-corrected chi connectivity index (χ0v) is 16.8. The lowest BCUT2D eigenvalue weighted by molar-refractivity contribution is 0.0955. The van der Waals surface area contributed by atoms with Crippen LogP contribution >= 0.6 is 15.9 Å². The van der Waals surface area contributed by atoms with Crippen molar-refractivity contribution in [1.82, 2.24) is 5.43 Å². The molecule has 0 fully saturated rings. The number of nitrogens with zero attached hydrogens (tertiary/aromatic N) is 1. The molecule has 0 aliphatic heterocycles. The number of carbonyl (C=O) groups is 1.